The van der Waals surface area contributed by atoms with Crippen LogP contribution in [0.1, 0.15) is 11.3 Å². The fourth-order valence-electron chi connectivity index (χ4n) is 1.37. The minimum Gasteiger partial charge on any atom is -0.483 e. The second-order valence-corrected chi connectivity index (χ2v) is 3.63. The topological polar surface area (TPSA) is 33.3 Å². The Morgan fingerprint density at radius 1 is 1.12 bits per heavy atom. The number of nitrogens with zero attached hydrogens (tertiary/aromatic N) is 1. The van der Waals surface area contributed by atoms with Crippen molar-refractivity contribution in [3.05, 3.63) is 59.9 Å². The quantitative estimate of drug-likeness (QED) is 0.629. The van der Waals surface area contributed by atoms with Crippen molar-refractivity contribution in [2.75, 3.05) is 0 Å². The largest absolute Gasteiger partial charge is 0.483 e. The van der Waals surface area contributed by atoms with Gasteiger partial charge in [-0.05, 0) is 11.6 Å². The van der Waals surface area contributed by atoms with Crippen molar-refractivity contribution in [1.29, 1.82) is 0 Å². The summed E-state index contributed by atoms with van der Waals surface area (Å²) >= 11 is 0. The van der Waals surface area contributed by atoms with E-state index in [-0.39, 0.29) is 0 Å². The lowest BCUT2D eigenvalue weighted by Crippen LogP contribution is -2.32. The van der Waals surface area contributed by atoms with Crippen LogP contribution >= 0.6 is 0 Å². The third kappa shape index (κ3) is 2.51. The highest BCUT2D eigenvalue weighted by Gasteiger charge is 2.06. The van der Waals surface area contributed by atoms with Gasteiger partial charge in [0.2, 0.25) is 5.69 Å². The molecule has 0 amide bonds. The molecular formula is C13H14NO2+. The lowest BCUT2D eigenvalue weighted by molar-refractivity contribution is -0.908. The Kier molecular flexibility index (Phi) is 3.05. The van der Waals surface area contributed by atoms with Gasteiger partial charge in [-0.25, -0.2) is 0 Å². The van der Waals surface area contributed by atoms with E-state index in [2.05, 4.69) is 0 Å². The SMILES string of the molecule is Cc1ccc(OCc2ccccc2)c[n+]1O. The zero-order valence-electron chi connectivity index (χ0n) is 9.13. The maximum Gasteiger partial charge on any atom is 0.264 e. The van der Waals surface area contributed by atoms with Crippen LogP contribution in [0.3, 0.4) is 0 Å². The molecule has 82 valence electrons. The molecule has 0 atom stereocenters. The lowest BCUT2D eigenvalue weighted by Gasteiger charge is -2.04. The normalized spacial score (nSPS) is 10.1. The third-order valence-corrected chi connectivity index (χ3v) is 2.35. The summed E-state index contributed by atoms with van der Waals surface area (Å²) in [5.41, 5.74) is 1.87. The summed E-state index contributed by atoms with van der Waals surface area (Å²) < 4.78 is 6.60. The number of aryl methyl sites for hydroxylation is 1. The molecular weight excluding hydrogens is 202 g/mol. The second-order valence-electron chi connectivity index (χ2n) is 3.63. The van der Waals surface area contributed by atoms with Crippen molar-refractivity contribution in [2.24, 2.45) is 0 Å². The summed E-state index contributed by atoms with van der Waals surface area (Å²) in [6.07, 6.45) is 1.55. The molecule has 0 spiro atoms. The molecule has 2 aromatic rings. The fourth-order valence-corrected chi connectivity index (χ4v) is 1.37. The fraction of sp³-hybridized carbons (Fsp3) is 0.154. The van der Waals surface area contributed by atoms with E-state index in [0.29, 0.717) is 12.4 Å². The molecule has 0 unspecified atom stereocenters. The van der Waals surface area contributed by atoms with Crippen molar-refractivity contribution < 1.29 is 14.7 Å². The molecule has 0 saturated carbocycles. The van der Waals surface area contributed by atoms with E-state index in [9.17, 15) is 5.21 Å². The van der Waals surface area contributed by atoms with Crippen LogP contribution < -0.4 is 9.47 Å². The van der Waals surface area contributed by atoms with E-state index in [4.69, 9.17) is 4.74 Å². The van der Waals surface area contributed by atoms with Gasteiger partial charge in [-0.15, -0.1) is 0 Å². The van der Waals surface area contributed by atoms with Crippen LogP contribution in [0, 0.1) is 6.92 Å². The van der Waals surface area contributed by atoms with Gasteiger partial charge in [-0.1, -0.05) is 30.3 Å². The number of aromatic nitrogens is 1. The van der Waals surface area contributed by atoms with E-state index in [0.717, 1.165) is 16.0 Å². The monoisotopic (exact) mass is 216 g/mol. The molecule has 3 heteroatoms. The van der Waals surface area contributed by atoms with Crippen LogP contribution in [0.2, 0.25) is 0 Å². The predicted molar refractivity (Wildman–Crippen MR) is 59.3 cm³/mol. The van der Waals surface area contributed by atoms with Crippen molar-refractivity contribution in [3.8, 4) is 5.75 Å². The molecule has 0 aliphatic heterocycles. The smallest absolute Gasteiger partial charge is 0.264 e. The first-order chi connectivity index (χ1) is 7.75. The van der Waals surface area contributed by atoms with Crippen LogP contribution in [-0.2, 0) is 6.61 Å². The molecule has 1 N–H and O–H groups in total. The minimum absolute atomic E-state index is 0.504. The van der Waals surface area contributed by atoms with Crippen LogP contribution in [0.25, 0.3) is 0 Å². The first kappa shape index (κ1) is 10.5. The Morgan fingerprint density at radius 2 is 1.88 bits per heavy atom. The molecule has 0 aliphatic rings. The van der Waals surface area contributed by atoms with Gasteiger partial charge >= 0.3 is 0 Å². The molecule has 1 heterocycles. The van der Waals surface area contributed by atoms with Crippen LogP contribution in [0.15, 0.2) is 48.7 Å². The molecule has 1 aromatic heterocycles. The van der Waals surface area contributed by atoms with E-state index >= 15 is 0 Å². The van der Waals surface area contributed by atoms with E-state index in [1.807, 2.05) is 43.3 Å². The molecule has 0 aliphatic carbocycles. The second kappa shape index (κ2) is 4.66. The Balaban J connectivity index is 2.03. The molecule has 0 fully saturated rings. The standard InChI is InChI=1S/C13H14NO2/c1-11-7-8-13(9-14(11)15)16-10-12-5-3-2-4-6-12/h2-9,15H,10H2,1H3/q+1. The van der Waals surface area contributed by atoms with Gasteiger partial charge in [0.15, 0.2) is 5.75 Å². The van der Waals surface area contributed by atoms with Crippen molar-refractivity contribution >= 4 is 0 Å². The summed E-state index contributed by atoms with van der Waals surface area (Å²) in [7, 11) is 0. The molecule has 3 nitrogen and oxygen atoms in total. The summed E-state index contributed by atoms with van der Waals surface area (Å²) in [5, 5.41) is 9.43. The van der Waals surface area contributed by atoms with Gasteiger partial charge in [-0.2, -0.15) is 0 Å². The average molecular weight is 216 g/mol. The molecule has 2 rings (SSSR count). The van der Waals surface area contributed by atoms with Crippen molar-refractivity contribution in [2.45, 2.75) is 13.5 Å². The van der Waals surface area contributed by atoms with Gasteiger partial charge in [0.25, 0.3) is 6.20 Å². The number of ether oxygens (including phenoxy) is 1. The summed E-state index contributed by atoms with van der Waals surface area (Å²) in [4.78, 5) is 0. The van der Waals surface area contributed by atoms with Gasteiger partial charge in [0.05, 0.1) is 0 Å². The van der Waals surface area contributed by atoms with Gasteiger partial charge in [0.1, 0.15) is 6.61 Å². The summed E-state index contributed by atoms with van der Waals surface area (Å²) in [6.45, 7) is 2.32. The van der Waals surface area contributed by atoms with Crippen LogP contribution in [0.4, 0.5) is 0 Å². The van der Waals surface area contributed by atoms with Gasteiger partial charge in [0, 0.05) is 17.7 Å². The molecule has 16 heavy (non-hydrogen) atoms. The minimum atomic E-state index is 0.504. The van der Waals surface area contributed by atoms with Crippen LogP contribution in [0.5, 0.6) is 5.75 Å². The highest BCUT2D eigenvalue weighted by molar-refractivity contribution is 5.18. The van der Waals surface area contributed by atoms with Gasteiger partial charge < -0.3 is 4.74 Å². The Bertz CT molecular complexity index is 469. The zero-order valence-corrected chi connectivity index (χ0v) is 9.13. The van der Waals surface area contributed by atoms with Gasteiger partial charge in [-0.3, -0.25) is 5.21 Å². The summed E-state index contributed by atoms with van der Waals surface area (Å²) in [5.74, 6) is 0.650. The van der Waals surface area contributed by atoms with E-state index in [1.165, 1.54) is 0 Å². The maximum atomic E-state index is 9.43. The van der Waals surface area contributed by atoms with Crippen molar-refractivity contribution in [3.63, 3.8) is 0 Å². The Labute approximate surface area is 94.5 Å². The van der Waals surface area contributed by atoms with E-state index < -0.39 is 0 Å². The van der Waals surface area contributed by atoms with E-state index in [1.54, 1.807) is 12.3 Å². The number of benzene rings is 1. The average Bonchev–Trinajstić information content (AvgIpc) is 2.32. The molecule has 1 aromatic carbocycles. The Hall–Kier alpha value is -2.03. The molecule has 0 bridgehead atoms. The zero-order chi connectivity index (χ0) is 11.4. The lowest BCUT2D eigenvalue weighted by atomic mass is 10.2. The molecule has 0 radical (unpaired) electrons. The third-order valence-electron chi connectivity index (χ3n) is 2.35. The predicted octanol–water partition coefficient (Wildman–Crippen LogP) is 2.10. The highest BCUT2D eigenvalue weighted by Crippen LogP contribution is 2.10. The van der Waals surface area contributed by atoms with Crippen molar-refractivity contribution in [1.82, 2.24) is 0 Å². The molecule has 0 saturated heterocycles. The first-order valence-corrected chi connectivity index (χ1v) is 5.14. The number of hydrogen-bond donors (Lipinski definition) is 1. The number of hydrogen-bond acceptors (Lipinski definition) is 2. The first-order valence-electron chi connectivity index (χ1n) is 5.14. The highest BCUT2D eigenvalue weighted by atomic mass is 16.5. The van der Waals surface area contributed by atoms with Crippen LogP contribution in [-0.4, -0.2) is 5.21 Å². The number of rotatable bonds is 3. The summed E-state index contributed by atoms with van der Waals surface area (Å²) in [6, 6.07) is 13.6. The number of pyridine rings is 1. The maximum absolute atomic E-state index is 9.43. The Morgan fingerprint density at radius 3 is 2.56 bits per heavy atom.